The van der Waals surface area contributed by atoms with Crippen LogP contribution in [0.5, 0.6) is 0 Å². The van der Waals surface area contributed by atoms with Crippen molar-refractivity contribution in [3.63, 3.8) is 0 Å². The fraction of sp³-hybridized carbons (Fsp3) is 0.562. The van der Waals surface area contributed by atoms with Crippen molar-refractivity contribution >= 4 is 5.97 Å². The maximum absolute atomic E-state index is 11.0. The molecule has 0 heterocycles. The molecule has 3 heteroatoms. The van der Waals surface area contributed by atoms with Crippen LogP contribution in [0, 0.1) is 0 Å². The van der Waals surface area contributed by atoms with E-state index in [2.05, 4.69) is 12.2 Å². The number of unbranched alkanes of at least 4 members (excludes halogenated alkanes) is 2. The summed E-state index contributed by atoms with van der Waals surface area (Å²) in [5, 5.41) is 9.08. The maximum Gasteiger partial charge on any atom is 0.330 e. The molecule has 0 amide bonds. The molecule has 0 aliphatic heterocycles. The van der Waals surface area contributed by atoms with Crippen molar-refractivity contribution in [2.75, 3.05) is 6.61 Å². The maximum atomic E-state index is 11.0. The lowest BCUT2D eigenvalue weighted by molar-refractivity contribution is -0.137. The van der Waals surface area contributed by atoms with E-state index in [1.165, 1.54) is 6.08 Å². The van der Waals surface area contributed by atoms with Crippen molar-refractivity contribution in [1.29, 1.82) is 0 Å². The van der Waals surface area contributed by atoms with Crippen LogP contribution in [0.15, 0.2) is 36.5 Å². The molecule has 0 aliphatic rings. The third kappa shape index (κ3) is 14.6. The Balaban J connectivity index is 3.47. The number of rotatable bonds is 10. The number of aliphatic hydroxyl groups excluding tert-OH is 1. The van der Waals surface area contributed by atoms with Crippen molar-refractivity contribution in [3.05, 3.63) is 36.5 Å². The summed E-state index contributed by atoms with van der Waals surface area (Å²) >= 11 is 0. The SMILES string of the molecule is CCOC(=O)/C=C/C=C/CC/C=C/CCC[C@H](C)O. The Bertz CT molecular complexity index is 301. The molecule has 0 unspecified atom stereocenters. The number of allylic oxidation sites excluding steroid dienone is 5. The summed E-state index contributed by atoms with van der Waals surface area (Å²) < 4.78 is 4.75. The van der Waals surface area contributed by atoms with Gasteiger partial charge in [0, 0.05) is 6.08 Å². The second kappa shape index (κ2) is 13.1. The third-order valence-electron chi connectivity index (χ3n) is 2.43. The van der Waals surface area contributed by atoms with Gasteiger partial charge in [-0.15, -0.1) is 0 Å². The van der Waals surface area contributed by atoms with Gasteiger partial charge < -0.3 is 9.84 Å². The van der Waals surface area contributed by atoms with Crippen molar-refractivity contribution < 1.29 is 14.6 Å². The van der Waals surface area contributed by atoms with Crippen molar-refractivity contribution in [1.82, 2.24) is 0 Å². The number of esters is 1. The van der Waals surface area contributed by atoms with Crippen LogP contribution in [-0.4, -0.2) is 23.8 Å². The van der Waals surface area contributed by atoms with Gasteiger partial charge in [-0.3, -0.25) is 0 Å². The van der Waals surface area contributed by atoms with E-state index < -0.39 is 0 Å². The number of carbonyl (C=O) groups excluding carboxylic acids is 1. The first kappa shape index (κ1) is 17.6. The minimum Gasteiger partial charge on any atom is -0.463 e. The summed E-state index contributed by atoms with van der Waals surface area (Å²) in [5.41, 5.74) is 0. The summed E-state index contributed by atoms with van der Waals surface area (Å²) in [6.45, 7) is 4.01. The van der Waals surface area contributed by atoms with Gasteiger partial charge in [-0.2, -0.15) is 0 Å². The number of aliphatic hydroxyl groups is 1. The zero-order valence-electron chi connectivity index (χ0n) is 12.0. The quantitative estimate of drug-likeness (QED) is 0.216. The molecule has 0 saturated heterocycles. The Labute approximate surface area is 116 Å². The van der Waals surface area contributed by atoms with E-state index >= 15 is 0 Å². The average Bonchev–Trinajstić information content (AvgIpc) is 2.36. The first-order chi connectivity index (χ1) is 9.16. The Morgan fingerprint density at radius 3 is 2.53 bits per heavy atom. The Kier molecular flexibility index (Phi) is 12.2. The van der Waals surface area contributed by atoms with Crippen molar-refractivity contribution in [2.45, 2.75) is 52.1 Å². The molecule has 0 rings (SSSR count). The molecule has 0 aromatic heterocycles. The topological polar surface area (TPSA) is 46.5 Å². The van der Waals surface area contributed by atoms with Crippen LogP contribution >= 0.6 is 0 Å². The zero-order valence-corrected chi connectivity index (χ0v) is 12.0. The normalized spacial score (nSPS) is 13.6. The van der Waals surface area contributed by atoms with Crippen LogP contribution in [0.3, 0.4) is 0 Å². The van der Waals surface area contributed by atoms with E-state index in [0.717, 1.165) is 32.1 Å². The molecule has 1 N–H and O–H groups in total. The van der Waals surface area contributed by atoms with Crippen molar-refractivity contribution in [2.24, 2.45) is 0 Å². The van der Waals surface area contributed by atoms with Gasteiger partial charge in [0.05, 0.1) is 12.7 Å². The highest BCUT2D eigenvalue weighted by atomic mass is 16.5. The molecule has 0 aliphatic carbocycles. The van der Waals surface area contributed by atoms with Gasteiger partial charge in [-0.05, 0) is 46.0 Å². The van der Waals surface area contributed by atoms with Gasteiger partial charge in [0.1, 0.15) is 0 Å². The highest BCUT2D eigenvalue weighted by Gasteiger charge is 1.92. The molecule has 0 aromatic rings. The molecular formula is C16H26O3. The van der Waals surface area contributed by atoms with Gasteiger partial charge in [-0.25, -0.2) is 4.79 Å². The smallest absolute Gasteiger partial charge is 0.330 e. The van der Waals surface area contributed by atoms with Gasteiger partial charge in [-0.1, -0.05) is 30.4 Å². The lowest BCUT2D eigenvalue weighted by Crippen LogP contribution is -1.98. The third-order valence-corrected chi connectivity index (χ3v) is 2.43. The first-order valence-corrected chi connectivity index (χ1v) is 6.99. The first-order valence-electron chi connectivity index (χ1n) is 6.99. The van der Waals surface area contributed by atoms with Crippen molar-refractivity contribution in [3.8, 4) is 0 Å². The molecule has 0 spiro atoms. The average molecular weight is 266 g/mol. The second-order valence-electron chi connectivity index (χ2n) is 4.37. The van der Waals surface area contributed by atoms with Crippen LogP contribution < -0.4 is 0 Å². The monoisotopic (exact) mass is 266 g/mol. The molecule has 3 nitrogen and oxygen atoms in total. The summed E-state index contributed by atoms with van der Waals surface area (Å²) in [6, 6.07) is 0. The number of carbonyl (C=O) groups is 1. The van der Waals surface area contributed by atoms with Crippen LogP contribution in [0.1, 0.15) is 46.0 Å². The highest BCUT2D eigenvalue weighted by Crippen LogP contribution is 2.02. The molecule has 0 bridgehead atoms. The van der Waals surface area contributed by atoms with Crippen LogP contribution in [0.25, 0.3) is 0 Å². The zero-order chi connectivity index (χ0) is 14.3. The summed E-state index contributed by atoms with van der Waals surface area (Å²) in [5.74, 6) is -0.301. The Morgan fingerprint density at radius 1 is 1.16 bits per heavy atom. The van der Waals surface area contributed by atoms with E-state index in [0.29, 0.717) is 6.61 Å². The molecule has 0 fully saturated rings. The van der Waals surface area contributed by atoms with E-state index in [-0.39, 0.29) is 12.1 Å². The fourth-order valence-corrected chi connectivity index (χ4v) is 1.46. The van der Waals surface area contributed by atoms with E-state index in [4.69, 9.17) is 9.84 Å². The minimum absolute atomic E-state index is 0.192. The highest BCUT2D eigenvalue weighted by molar-refractivity contribution is 5.82. The van der Waals surface area contributed by atoms with Gasteiger partial charge in [0.25, 0.3) is 0 Å². The van der Waals surface area contributed by atoms with Gasteiger partial charge in [0.15, 0.2) is 0 Å². The number of ether oxygens (including phenoxy) is 1. The standard InChI is InChI=1S/C16H26O3/c1-3-19-16(18)14-12-10-8-6-4-5-7-9-11-13-15(2)17/h5,7-8,10,12,14-15,17H,3-4,6,9,11,13H2,1-2H3/b7-5+,10-8+,14-12+/t15-/m0/s1. The summed E-state index contributed by atoms with van der Waals surface area (Å²) in [4.78, 5) is 11.0. The molecular weight excluding hydrogens is 240 g/mol. The van der Waals surface area contributed by atoms with Crippen LogP contribution in [-0.2, 0) is 9.53 Å². The van der Waals surface area contributed by atoms with Crippen LogP contribution in [0.2, 0.25) is 0 Å². The van der Waals surface area contributed by atoms with E-state index in [1.54, 1.807) is 13.0 Å². The predicted molar refractivity (Wildman–Crippen MR) is 78.8 cm³/mol. The predicted octanol–water partition coefficient (Wildman–Crippen LogP) is 3.55. The van der Waals surface area contributed by atoms with E-state index in [1.807, 2.05) is 19.1 Å². The molecule has 0 radical (unpaired) electrons. The lowest BCUT2D eigenvalue weighted by atomic mass is 10.1. The largest absolute Gasteiger partial charge is 0.463 e. The number of hydrogen-bond acceptors (Lipinski definition) is 3. The Hall–Kier alpha value is -1.35. The van der Waals surface area contributed by atoms with Gasteiger partial charge >= 0.3 is 5.97 Å². The lowest BCUT2D eigenvalue weighted by Gasteiger charge is -1.99. The van der Waals surface area contributed by atoms with E-state index in [9.17, 15) is 4.79 Å². The minimum atomic E-state index is -0.301. The molecule has 0 saturated carbocycles. The second-order valence-corrected chi connectivity index (χ2v) is 4.37. The molecule has 108 valence electrons. The molecule has 0 aromatic carbocycles. The number of hydrogen-bond donors (Lipinski definition) is 1. The molecule has 1 atom stereocenters. The summed E-state index contributed by atoms with van der Waals surface area (Å²) in [7, 11) is 0. The van der Waals surface area contributed by atoms with Gasteiger partial charge in [0.2, 0.25) is 0 Å². The fourth-order valence-electron chi connectivity index (χ4n) is 1.46. The van der Waals surface area contributed by atoms with Crippen LogP contribution in [0.4, 0.5) is 0 Å². The Morgan fingerprint density at radius 2 is 1.84 bits per heavy atom. The summed E-state index contributed by atoms with van der Waals surface area (Å²) in [6.07, 6.45) is 16.0. The molecule has 19 heavy (non-hydrogen) atoms.